The number of ether oxygens (including phenoxy) is 1. The summed E-state index contributed by atoms with van der Waals surface area (Å²) in [5.74, 6) is -1.06. The molecule has 6 nitrogen and oxygen atoms in total. The molecule has 158 valence electrons. The number of carboxylic acids is 1. The molecule has 1 atom stereocenters. The van der Waals surface area contributed by atoms with Crippen LogP contribution in [0.25, 0.3) is 0 Å². The van der Waals surface area contributed by atoms with Gasteiger partial charge >= 0.3 is 12.1 Å². The van der Waals surface area contributed by atoms with E-state index in [4.69, 9.17) is 9.84 Å². The highest BCUT2D eigenvalue weighted by atomic mass is 16.6. The summed E-state index contributed by atoms with van der Waals surface area (Å²) < 4.78 is 4.91. The van der Waals surface area contributed by atoms with Crippen molar-refractivity contribution in [3.05, 3.63) is 0 Å². The summed E-state index contributed by atoms with van der Waals surface area (Å²) in [6.07, 6.45) is 14.2. The number of nitrogens with one attached hydrogen (secondary N) is 2. The molecular weight excluding hydrogens is 344 g/mol. The lowest BCUT2D eigenvalue weighted by atomic mass is 9.91. The number of alkyl carbamates (subject to hydrolysis) is 1. The third kappa shape index (κ3) is 11.2. The van der Waals surface area contributed by atoms with E-state index in [1.54, 1.807) is 27.7 Å². The van der Waals surface area contributed by atoms with Gasteiger partial charge in [0, 0.05) is 12.1 Å². The third-order valence-electron chi connectivity index (χ3n) is 5.08. The van der Waals surface area contributed by atoms with Crippen molar-refractivity contribution >= 4 is 12.1 Å². The van der Waals surface area contributed by atoms with Gasteiger partial charge in [-0.15, -0.1) is 0 Å². The molecule has 1 amide bonds. The highest BCUT2D eigenvalue weighted by Crippen LogP contribution is 2.22. The molecule has 0 radical (unpaired) electrons. The minimum atomic E-state index is -1.06. The van der Waals surface area contributed by atoms with E-state index in [1.165, 1.54) is 64.2 Å². The highest BCUT2D eigenvalue weighted by molar-refractivity contribution is 5.79. The Balaban J connectivity index is 0.000000270. The lowest BCUT2D eigenvalue weighted by Gasteiger charge is -2.30. The zero-order chi connectivity index (χ0) is 20.3. The van der Waals surface area contributed by atoms with Crippen molar-refractivity contribution < 1.29 is 19.4 Å². The number of hydrogen-bond donors (Lipinski definition) is 3. The van der Waals surface area contributed by atoms with Crippen molar-refractivity contribution in [3.63, 3.8) is 0 Å². The van der Waals surface area contributed by atoms with Gasteiger partial charge in [-0.1, -0.05) is 45.4 Å². The Labute approximate surface area is 164 Å². The minimum absolute atomic E-state index is 0.328. The Morgan fingerprint density at radius 1 is 0.963 bits per heavy atom. The summed E-state index contributed by atoms with van der Waals surface area (Å²) in [7, 11) is 0. The molecular formula is C21H40N2O4. The van der Waals surface area contributed by atoms with Gasteiger partial charge in [0.2, 0.25) is 0 Å². The second kappa shape index (κ2) is 12.2. The quantitative estimate of drug-likeness (QED) is 0.644. The fraction of sp³-hybridized carbons (Fsp3) is 0.905. The number of rotatable bonds is 5. The van der Waals surface area contributed by atoms with Crippen LogP contribution in [-0.4, -0.2) is 40.9 Å². The van der Waals surface area contributed by atoms with Crippen LogP contribution in [0.5, 0.6) is 0 Å². The molecule has 0 aromatic carbocycles. The summed E-state index contributed by atoms with van der Waals surface area (Å²) in [6, 6.07) is 0.860. The average molecular weight is 385 g/mol. The Morgan fingerprint density at radius 3 is 1.74 bits per heavy atom. The number of carbonyl (C=O) groups excluding carboxylic acids is 1. The van der Waals surface area contributed by atoms with Crippen LogP contribution in [-0.2, 0) is 9.53 Å². The largest absolute Gasteiger partial charge is 0.480 e. The molecule has 0 aliphatic heterocycles. The Kier molecular flexibility index (Phi) is 10.7. The topological polar surface area (TPSA) is 87.7 Å². The van der Waals surface area contributed by atoms with Crippen LogP contribution in [0.4, 0.5) is 4.79 Å². The zero-order valence-corrected chi connectivity index (χ0v) is 17.7. The number of carboxylic acid groups (broad SMARTS) is 1. The number of hydrogen-bond acceptors (Lipinski definition) is 4. The third-order valence-corrected chi connectivity index (χ3v) is 5.08. The summed E-state index contributed by atoms with van der Waals surface area (Å²) >= 11 is 0. The molecule has 0 aromatic heterocycles. The van der Waals surface area contributed by atoms with Crippen LogP contribution in [0.15, 0.2) is 0 Å². The van der Waals surface area contributed by atoms with Gasteiger partial charge in [0.15, 0.2) is 0 Å². The lowest BCUT2D eigenvalue weighted by Crippen LogP contribution is -2.43. The molecule has 1 unspecified atom stereocenters. The maximum absolute atomic E-state index is 11.1. The Bertz CT molecular complexity index is 420. The molecule has 0 saturated heterocycles. The first-order chi connectivity index (χ1) is 12.7. The van der Waals surface area contributed by atoms with Gasteiger partial charge in [-0.3, -0.25) is 0 Å². The predicted octanol–water partition coefficient (Wildman–Crippen LogP) is 4.62. The summed E-state index contributed by atoms with van der Waals surface area (Å²) in [6.45, 7) is 6.83. The lowest BCUT2D eigenvalue weighted by molar-refractivity contribution is -0.139. The Hall–Kier alpha value is -1.30. The van der Waals surface area contributed by atoms with E-state index in [0.29, 0.717) is 6.42 Å². The SMILES string of the molecule is C1CCC(NC2CCCCC2)CC1.CCC(NC(=O)OC(C)(C)C)C(=O)O. The molecule has 0 bridgehead atoms. The molecule has 6 heteroatoms. The molecule has 2 aliphatic carbocycles. The summed E-state index contributed by atoms with van der Waals surface area (Å²) in [5, 5.41) is 14.8. The molecule has 2 aliphatic rings. The van der Waals surface area contributed by atoms with Crippen LogP contribution in [0.1, 0.15) is 98.3 Å². The maximum Gasteiger partial charge on any atom is 0.408 e. The number of carbonyl (C=O) groups is 2. The first-order valence-corrected chi connectivity index (χ1v) is 10.7. The van der Waals surface area contributed by atoms with Gasteiger partial charge < -0.3 is 20.5 Å². The van der Waals surface area contributed by atoms with Crippen LogP contribution in [0.3, 0.4) is 0 Å². The molecule has 0 aromatic rings. The van der Waals surface area contributed by atoms with E-state index in [0.717, 1.165) is 12.1 Å². The molecule has 2 saturated carbocycles. The second-order valence-electron chi connectivity index (χ2n) is 8.78. The van der Waals surface area contributed by atoms with Gasteiger partial charge in [0.1, 0.15) is 11.6 Å². The van der Waals surface area contributed by atoms with E-state index >= 15 is 0 Å². The highest BCUT2D eigenvalue weighted by Gasteiger charge is 2.22. The standard InChI is InChI=1S/C12H23N.C9H17NO4/c1-3-7-11(8-4-1)13-12-9-5-2-6-10-12;1-5-6(7(11)12)10-8(13)14-9(2,3)4/h11-13H,1-10H2;6H,5H2,1-4H3,(H,10,13)(H,11,12). The van der Waals surface area contributed by atoms with Crippen molar-refractivity contribution in [2.75, 3.05) is 0 Å². The zero-order valence-electron chi connectivity index (χ0n) is 17.7. The monoisotopic (exact) mass is 384 g/mol. The summed E-state index contributed by atoms with van der Waals surface area (Å²) in [4.78, 5) is 21.7. The number of aliphatic carboxylic acids is 1. The van der Waals surface area contributed by atoms with Crippen molar-refractivity contribution in [3.8, 4) is 0 Å². The van der Waals surface area contributed by atoms with Crippen molar-refractivity contribution in [2.24, 2.45) is 0 Å². The van der Waals surface area contributed by atoms with Crippen molar-refractivity contribution in [2.45, 2.75) is 122 Å². The van der Waals surface area contributed by atoms with E-state index < -0.39 is 23.7 Å². The molecule has 0 spiro atoms. The molecule has 2 rings (SSSR count). The van der Waals surface area contributed by atoms with Gasteiger partial charge in [-0.25, -0.2) is 9.59 Å². The van der Waals surface area contributed by atoms with Crippen LogP contribution >= 0.6 is 0 Å². The molecule has 3 N–H and O–H groups in total. The van der Waals surface area contributed by atoms with Crippen molar-refractivity contribution in [1.82, 2.24) is 10.6 Å². The van der Waals surface area contributed by atoms with Crippen molar-refractivity contribution in [1.29, 1.82) is 0 Å². The second-order valence-corrected chi connectivity index (χ2v) is 8.78. The molecule has 0 heterocycles. The molecule has 2 fully saturated rings. The first-order valence-electron chi connectivity index (χ1n) is 10.7. The minimum Gasteiger partial charge on any atom is -0.480 e. The fourth-order valence-electron chi connectivity index (χ4n) is 3.66. The fourth-order valence-corrected chi connectivity index (χ4v) is 3.66. The van der Waals surface area contributed by atoms with Gasteiger partial charge in [0.25, 0.3) is 0 Å². The van der Waals surface area contributed by atoms with E-state index in [1.807, 2.05) is 0 Å². The van der Waals surface area contributed by atoms with Gasteiger partial charge in [-0.2, -0.15) is 0 Å². The molecule has 27 heavy (non-hydrogen) atoms. The van der Waals surface area contributed by atoms with Gasteiger partial charge in [-0.05, 0) is 52.9 Å². The van der Waals surface area contributed by atoms with E-state index in [9.17, 15) is 9.59 Å². The summed E-state index contributed by atoms with van der Waals surface area (Å²) in [5.41, 5.74) is -0.610. The van der Waals surface area contributed by atoms with Gasteiger partial charge in [0.05, 0.1) is 0 Å². The number of amides is 1. The van der Waals surface area contributed by atoms with Crippen LogP contribution in [0, 0.1) is 0 Å². The van der Waals surface area contributed by atoms with E-state index in [-0.39, 0.29) is 0 Å². The first kappa shape index (κ1) is 23.7. The predicted molar refractivity (Wildman–Crippen MR) is 108 cm³/mol. The van der Waals surface area contributed by atoms with Crippen LogP contribution < -0.4 is 10.6 Å². The van der Waals surface area contributed by atoms with Crippen LogP contribution in [0.2, 0.25) is 0 Å². The maximum atomic E-state index is 11.1. The normalized spacial score (nSPS) is 20.1. The average Bonchev–Trinajstić information content (AvgIpc) is 2.60. The Morgan fingerprint density at radius 2 is 1.41 bits per heavy atom. The van der Waals surface area contributed by atoms with E-state index in [2.05, 4.69) is 10.6 Å². The smallest absolute Gasteiger partial charge is 0.408 e.